The van der Waals surface area contributed by atoms with Crippen LogP contribution in [0.4, 0.5) is 0 Å². The molecule has 2 heterocycles. The van der Waals surface area contributed by atoms with Gasteiger partial charge in [0.25, 0.3) is 0 Å². The summed E-state index contributed by atoms with van der Waals surface area (Å²) in [7, 11) is 1.98. The van der Waals surface area contributed by atoms with Gasteiger partial charge in [-0.3, -0.25) is 0 Å². The zero-order valence-electron chi connectivity index (χ0n) is 7.57. The van der Waals surface area contributed by atoms with Crippen molar-refractivity contribution in [1.29, 1.82) is 5.26 Å². The standard InChI is InChI=1S/C10H9N3/c1-7-6-13(2)10-5-12-8(4-11)3-9(7)10/h3,5-6H,1-2H3. The first kappa shape index (κ1) is 7.81. The van der Waals surface area contributed by atoms with Gasteiger partial charge in [-0.05, 0) is 18.6 Å². The number of hydrogen-bond donors (Lipinski definition) is 0. The van der Waals surface area contributed by atoms with E-state index in [-0.39, 0.29) is 0 Å². The fourth-order valence-electron chi connectivity index (χ4n) is 1.54. The summed E-state index contributed by atoms with van der Waals surface area (Å²) in [6.45, 7) is 2.03. The van der Waals surface area contributed by atoms with Crippen molar-refractivity contribution >= 4 is 10.9 Å². The molecule has 0 amide bonds. The number of rotatable bonds is 0. The van der Waals surface area contributed by atoms with Crippen LogP contribution >= 0.6 is 0 Å². The molecule has 0 atom stereocenters. The fourth-order valence-corrected chi connectivity index (χ4v) is 1.54. The van der Waals surface area contributed by atoms with E-state index in [0.29, 0.717) is 5.69 Å². The maximum Gasteiger partial charge on any atom is 0.141 e. The zero-order chi connectivity index (χ0) is 9.42. The Morgan fingerprint density at radius 3 is 3.00 bits per heavy atom. The minimum atomic E-state index is 0.474. The van der Waals surface area contributed by atoms with Crippen molar-refractivity contribution in [2.45, 2.75) is 6.92 Å². The Morgan fingerprint density at radius 2 is 2.31 bits per heavy atom. The Labute approximate surface area is 76.2 Å². The van der Waals surface area contributed by atoms with E-state index in [2.05, 4.69) is 4.98 Å². The van der Waals surface area contributed by atoms with E-state index < -0.39 is 0 Å². The van der Waals surface area contributed by atoms with Crippen molar-refractivity contribution in [1.82, 2.24) is 9.55 Å². The van der Waals surface area contributed by atoms with Crippen molar-refractivity contribution in [2.24, 2.45) is 7.05 Å². The highest BCUT2D eigenvalue weighted by Crippen LogP contribution is 2.19. The molecule has 0 aliphatic carbocycles. The Bertz CT molecular complexity index is 503. The number of fused-ring (bicyclic) bond motifs is 1. The molecule has 0 aliphatic heterocycles. The second-order valence-corrected chi connectivity index (χ2v) is 3.12. The second kappa shape index (κ2) is 2.60. The number of pyridine rings is 1. The largest absolute Gasteiger partial charge is 0.349 e. The van der Waals surface area contributed by atoms with Gasteiger partial charge < -0.3 is 4.57 Å². The Hall–Kier alpha value is -1.82. The van der Waals surface area contributed by atoms with Gasteiger partial charge in [0.05, 0.1) is 11.7 Å². The maximum absolute atomic E-state index is 8.68. The normalized spacial score (nSPS) is 10.2. The third-order valence-electron chi connectivity index (χ3n) is 2.19. The van der Waals surface area contributed by atoms with Crippen LogP contribution in [-0.2, 0) is 7.05 Å². The van der Waals surface area contributed by atoms with E-state index in [0.717, 1.165) is 10.9 Å². The van der Waals surface area contributed by atoms with Crippen LogP contribution in [0.15, 0.2) is 18.5 Å². The first-order valence-electron chi connectivity index (χ1n) is 4.04. The fraction of sp³-hybridized carbons (Fsp3) is 0.200. The summed E-state index contributed by atoms with van der Waals surface area (Å²) in [6.07, 6.45) is 3.77. The summed E-state index contributed by atoms with van der Waals surface area (Å²) in [4.78, 5) is 4.02. The first-order chi connectivity index (χ1) is 6.22. The van der Waals surface area contributed by atoms with Crippen LogP contribution in [0, 0.1) is 18.3 Å². The lowest BCUT2D eigenvalue weighted by Gasteiger charge is -1.94. The highest BCUT2D eigenvalue weighted by Gasteiger charge is 2.03. The summed E-state index contributed by atoms with van der Waals surface area (Å²) in [5.41, 5.74) is 2.72. The lowest BCUT2D eigenvalue weighted by Crippen LogP contribution is -1.86. The number of aromatic nitrogens is 2. The molecule has 0 saturated heterocycles. The van der Waals surface area contributed by atoms with Crippen LogP contribution in [-0.4, -0.2) is 9.55 Å². The summed E-state index contributed by atoms with van der Waals surface area (Å²) in [5.74, 6) is 0. The molecular formula is C10H9N3. The zero-order valence-corrected chi connectivity index (χ0v) is 7.57. The Balaban J connectivity index is 2.86. The predicted molar refractivity (Wildman–Crippen MR) is 50.2 cm³/mol. The summed E-state index contributed by atoms with van der Waals surface area (Å²) in [5, 5.41) is 9.78. The van der Waals surface area contributed by atoms with E-state index in [1.807, 2.05) is 36.9 Å². The lowest BCUT2D eigenvalue weighted by molar-refractivity contribution is 0.960. The highest BCUT2D eigenvalue weighted by atomic mass is 14.9. The lowest BCUT2D eigenvalue weighted by atomic mass is 10.2. The van der Waals surface area contributed by atoms with Crippen molar-refractivity contribution in [2.75, 3.05) is 0 Å². The summed E-state index contributed by atoms with van der Waals surface area (Å²) in [6, 6.07) is 3.86. The molecule has 0 spiro atoms. The molecule has 0 saturated carbocycles. The molecule has 0 aliphatic rings. The molecule has 0 aromatic carbocycles. The number of hydrogen-bond acceptors (Lipinski definition) is 2. The van der Waals surface area contributed by atoms with Crippen LogP contribution < -0.4 is 0 Å². The van der Waals surface area contributed by atoms with Crippen molar-refractivity contribution in [3.8, 4) is 6.07 Å². The molecule has 2 aromatic rings. The topological polar surface area (TPSA) is 41.6 Å². The van der Waals surface area contributed by atoms with Crippen LogP contribution in [0.5, 0.6) is 0 Å². The van der Waals surface area contributed by atoms with Crippen LogP contribution in [0.3, 0.4) is 0 Å². The van der Waals surface area contributed by atoms with Gasteiger partial charge in [-0.25, -0.2) is 4.98 Å². The summed E-state index contributed by atoms with van der Waals surface area (Å²) >= 11 is 0. The van der Waals surface area contributed by atoms with E-state index in [1.54, 1.807) is 6.20 Å². The molecule has 0 fully saturated rings. The van der Waals surface area contributed by atoms with E-state index in [4.69, 9.17) is 5.26 Å². The second-order valence-electron chi connectivity index (χ2n) is 3.12. The minimum Gasteiger partial charge on any atom is -0.349 e. The Morgan fingerprint density at radius 1 is 1.54 bits per heavy atom. The average Bonchev–Trinajstić information content (AvgIpc) is 2.42. The first-order valence-corrected chi connectivity index (χ1v) is 4.04. The van der Waals surface area contributed by atoms with Crippen molar-refractivity contribution in [3.63, 3.8) is 0 Å². The number of aryl methyl sites for hydroxylation is 2. The number of nitrogens with zero attached hydrogens (tertiary/aromatic N) is 3. The SMILES string of the molecule is Cc1cn(C)c2cnc(C#N)cc12. The molecule has 0 N–H and O–H groups in total. The van der Waals surface area contributed by atoms with Gasteiger partial charge in [-0.1, -0.05) is 0 Å². The van der Waals surface area contributed by atoms with Crippen LogP contribution in [0.2, 0.25) is 0 Å². The predicted octanol–water partition coefficient (Wildman–Crippen LogP) is 1.75. The van der Waals surface area contributed by atoms with Gasteiger partial charge in [0.2, 0.25) is 0 Å². The molecule has 0 unspecified atom stereocenters. The monoisotopic (exact) mass is 171 g/mol. The molecule has 0 radical (unpaired) electrons. The van der Waals surface area contributed by atoms with Crippen LogP contribution in [0.1, 0.15) is 11.3 Å². The Kier molecular flexibility index (Phi) is 1.56. The van der Waals surface area contributed by atoms with Gasteiger partial charge in [0, 0.05) is 18.6 Å². The third kappa shape index (κ3) is 1.07. The molecule has 64 valence electrons. The van der Waals surface area contributed by atoms with Gasteiger partial charge in [-0.2, -0.15) is 5.26 Å². The van der Waals surface area contributed by atoms with Gasteiger partial charge in [0.1, 0.15) is 11.8 Å². The van der Waals surface area contributed by atoms with Crippen molar-refractivity contribution in [3.05, 3.63) is 29.7 Å². The minimum absolute atomic E-state index is 0.474. The molecule has 0 bridgehead atoms. The van der Waals surface area contributed by atoms with Gasteiger partial charge in [0.15, 0.2) is 0 Å². The molecular weight excluding hydrogens is 162 g/mol. The van der Waals surface area contributed by atoms with E-state index in [1.165, 1.54) is 5.56 Å². The third-order valence-corrected chi connectivity index (χ3v) is 2.19. The van der Waals surface area contributed by atoms with E-state index in [9.17, 15) is 0 Å². The van der Waals surface area contributed by atoms with Crippen LogP contribution in [0.25, 0.3) is 10.9 Å². The summed E-state index contributed by atoms with van der Waals surface area (Å²) < 4.78 is 2.01. The molecule has 2 rings (SSSR count). The van der Waals surface area contributed by atoms with Crippen molar-refractivity contribution < 1.29 is 0 Å². The average molecular weight is 171 g/mol. The molecule has 3 nitrogen and oxygen atoms in total. The molecule has 2 aromatic heterocycles. The van der Waals surface area contributed by atoms with E-state index >= 15 is 0 Å². The smallest absolute Gasteiger partial charge is 0.141 e. The maximum atomic E-state index is 8.68. The van der Waals surface area contributed by atoms with Gasteiger partial charge >= 0.3 is 0 Å². The quantitative estimate of drug-likeness (QED) is 0.606. The van der Waals surface area contributed by atoms with Gasteiger partial charge in [-0.15, -0.1) is 0 Å². The molecule has 3 heteroatoms. The number of nitriles is 1. The highest BCUT2D eigenvalue weighted by molar-refractivity contribution is 5.83. The molecule has 13 heavy (non-hydrogen) atoms.